The molecule has 0 atom stereocenters. The summed E-state index contributed by atoms with van der Waals surface area (Å²) >= 11 is 0. The summed E-state index contributed by atoms with van der Waals surface area (Å²) in [5.74, 6) is 2.26. The molecule has 0 N–H and O–H groups in total. The predicted molar refractivity (Wildman–Crippen MR) is 53.2 cm³/mol. The van der Waals surface area contributed by atoms with Gasteiger partial charge in [0.2, 0.25) is 0 Å². The molecule has 0 heterocycles. The van der Waals surface area contributed by atoms with Crippen LogP contribution in [0.15, 0.2) is 0 Å². The average molecular weight is 166 g/mol. The highest BCUT2D eigenvalue weighted by atomic mass is 14.3. The van der Waals surface area contributed by atoms with E-state index in [2.05, 4.69) is 0 Å². The Kier molecular flexibility index (Phi) is 3.08. The Labute approximate surface area is 76.7 Å². The average Bonchev–Trinajstić information content (AvgIpc) is 2.59. The Morgan fingerprint density at radius 1 is 0.583 bits per heavy atom. The van der Waals surface area contributed by atoms with Crippen LogP contribution in [0.2, 0.25) is 0 Å². The summed E-state index contributed by atoms with van der Waals surface area (Å²) < 4.78 is 0. The first kappa shape index (κ1) is 8.59. The molecule has 0 spiro atoms. The maximum absolute atomic E-state index is 1.58. The molecule has 0 saturated heterocycles. The minimum Gasteiger partial charge on any atom is -0.0533 e. The van der Waals surface area contributed by atoms with Gasteiger partial charge in [0.15, 0.2) is 0 Å². The van der Waals surface area contributed by atoms with Crippen LogP contribution >= 0.6 is 0 Å². The van der Waals surface area contributed by atoms with Gasteiger partial charge in [-0.1, -0.05) is 57.8 Å². The van der Waals surface area contributed by atoms with Crippen molar-refractivity contribution in [2.45, 2.75) is 64.2 Å². The van der Waals surface area contributed by atoms with Crippen molar-refractivity contribution in [3.8, 4) is 0 Å². The minimum absolute atomic E-state index is 1.13. The van der Waals surface area contributed by atoms with Crippen molar-refractivity contribution < 1.29 is 0 Å². The maximum Gasteiger partial charge on any atom is -0.0412 e. The zero-order valence-electron chi connectivity index (χ0n) is 8.23. The second-order valence-corrected chi connectivity index (χ2v) is 4.89. The highest BCUT2D eigenvalue weighted by Crippen LogP contribution is 2.35. The van der Waals surface area contributed by atoms with E-state index in [0.29, 0.717) is 0 Å². The Morgan fingerprint density at radius 2 is 1.00 bits per heavy atom. The van der Waals surface area contributed by atoms with Gasteiger partial charge in [-0.25, -0.2) is 0 Å². The van der Waals surface area contributed by atoms with E-state index in [1.54, 1.807) is 32.1 Å². The Hall–Kier alpha value is 0. The number of rotatable bonds is 2. The second kappa shape index (κ2) is 4.30. The van der Waals surface area contributed by atoms with Gasteiger partial charge >= 0.3 is 0 Å². The summed E-state index contributed by atoms with van der Waals surface area (Å²) in [4.78, 5) is 0. The van der Waals surface area contributed by atoms with Crippen LogP contribution in [0.5, 0.6) is 0 Å². The lowest BCUT2D eigenvalue weighted by molar-refractivity contribution is 0.289. The zero-order chi connectivity index (χ0) is 8.23. The fourth-order valence-electron chi connectivity index (χ4n) is 3.14. The van der Waals surface area contributed by atoms with Gasteiger partial charge < -0.3 is 0 Å². The summed E-state index contributed by atoms with van der Waals surface area (Å²) in [7, 11) is 0. The van der Waals surface area contributed by atoms with E-state index in [1.807, 2.05) is 0 Å². The molecule has 70 valence electrons. The summed E-state index contributed by atoms with van der Waals surface area (Å²) in [6.45, 7) is 0. The standard InChI is InChI=1S/C12H22/c1-2-6-11(7-3-1)10-12-8-4-5-9-12/h11-12H,1-10H2. The van der Waals surface area contributed by atoms with Gasteiger partial charge in [-0.15, -0.1) is 0 Å². The summed E-state index contributed by atoms with van der Waals surface area (Å²) in [6, 6.07) is 0. The topological polar surface area (TPSA) is 0 Å². The largest absolute Gasteiger partial charge is 0.0533 e. The van der Waals surface area contributed by atoms with Crippen molar-refractivity contribution in [1.82, 2.24) is 0 Å². The molecule has 0 heteroatoms. The third-order valence-corrected chi connectivity index (χ3v) is 3.87. The van der Waals surface area contributed by atoms with Crippen LogP contribution < -0.4 is 0 Å². The van der Waals surface area contributed by atoms with Gasteiger partial charge in [0.05, 0.1) is 0 Å². The summed E-state index contributed by atoms with van der Waals surface area (Å²) in [5, 5.41) is 0. The fraction of sp³-hybridized carbons (Fsp3) is 1.00. The first-order valence-corrected chi connectivity index (χ1v) is 5.95. The van der Waals surface area contributed by atoms with Gasteiger partial charge in [0, 0.05) is 0 Å². The van der Waals surface area contributed by atoms with Gasteiger partial charge in [-0.2, -0.15) is 0 Å². The quantitative estimate of drug-likeness (QED) is 0.578. The van der Waals surface area contributed by atoms with Crippen LogP contribution in [0.4, 0.5) is 0 Å². The minimum atomic E-state index is 1.13. The molecule has 2 aliphatic rings. The van der Waals surface area contributed by atoms with Crippen LogP contribution in [-0.2, 0) is 0 Å². The highest BCUT2D eigenvalue weighted by Gasteiger charge is 2.21. The Bertz CT molecular complexity index is 116. The smallest absolute Gasteiger partial charge is 0.0412 e. The van der Waals surface area contributed by atoms with Gasteiger partial charge in [-0.05, 0) is 18.3 Å². The van der Waals surface area contributed by atoms with Crippen molar-refractivity contribution in [1.29, 1.82) is 0 Å². The predicted octanol–water partition coefficient (Wildman–Crippen LogP) is 4.15. The molecule has 0 radical (unpaired) electrons. The lowest BCUT2D eigenvalue weighted by Gasteiger charge is -2.24. The number of hydrogen-bond acceptors (Lipinski definition) is 0. The molecular formula is C12H22. The van der Waals surface area contributed by atoms with Gasteiger partial charge in [0.1, 0.15) is 0 Å². The molecule has 0 nitrogen and oxygen atoms in total. The monoisotopic (exact) mass is 166 g/mol. The molecule has 2 fully saturated rings. The molecule has 2 rings (SSSR count). The van der Waals surface area contributed by atoms with Crippen molar-refractivity contribution >= 4 is 0 Å². The fourth-order valence-corrected chi connectivity index (χ4v) is 3.14. The van der Waals surface area contributed by atoms with E-state index in [-0.39, 0.29) is 0 Å². The first-order valence-electron chi connectivity index (χ1n) is 5.95. The lowest BCUT2D eigenvalue weighted by Crippen LogP contribution is -2.10. The molecule has 0 aromatic rings. The normalized spacial score (nSPS) is 28.0. The summed E-state index contributed by atoms with van der Waals surface area (Å²) in [6.07, 6.45) is 15.4. The zero-order valence-corrected chi connectivity index (χ0v) is 8.23. The van der Waals surface area contributed by atoms with Gasteiger partial charge in [-0.3, -0.25) is 0 Å². The van der Waals surface area contributed by atoms with E-state index in [4.69, 9.17) is 0 Å². The van der Waals surface area contributed by atoms with Crippen LogP contribution in [-0.4, -0.2) is 0 Å². The van der Waals surface area contributed by atoms with Crippen molar-refractivity contribution in [2.24, 2.45) is 11.8 Å². The molecular weight excluding hydrogens is 144 g/mol. The lowest BCUT2D eigenvalue weighted by atomic mass is 9.82. The molecule has 0 unspecified atom stereocenters. The third-order valence-electron chi connectivity index (χ3n) is 3.87. The molecule has 2 aliphatic carbocycles. The van der Waals surface area contributed by atoms with E-state index < -0.39 is 0 Å². The molecule has 0 aromatic carbocycles. The van der Waals surface area contributed by atoms with Crippen LogP contribution in [0, 0.1) is 11.8 Å². The Balaban J connectivity index is 1.69. The molecule has 0 amide bonds. The van der Waals surface area contributed by atoms with Crippen LogP contribution in [0.3, 0.4) is 0 Å². The van der Waals surface area contributed by atoms with Crippen molar-refractivity contribution in [3.05, 3.63) is 0 Å². The van der Waals surface area contributed by atoms with Crippen LogP contribution in [0.25, 0.3) is 0 Å². The molecule has 2 saturated carbocycles. The number of hydrogen-bond donors (Lipinski definition) is 0. The van der Waals surface area contributed by atoms with Crippen molar-refractivity contribution in [2.75, 3.05) is 0 Å². The van der Waals surface area contributed by atoms with E-state index in [0.717, 1.165) is 11.8 Å². The highest BCUT2D eigenvalue weighted by molar-refractivity contribution is 4.73. The summed E-state index contributed by atoms with van der Waals surface area (Å²) in [5.41, 5.74) is 0. The second-order valence-electron chi connectivity index (χ2n) is 4.89. The molecule has 12 heavy (non-hydrogen) atoms. The SMILES string of the molecule is C1CCC(CC2CCCC2)CC1. The Morgan fingerprint density at radius 3 is 1.50 bits per heavy atom. The van der Waals surface area contributed by atoms with Crippen LogP contribution in [0.1, 0.15) is 64.2 Å². The van der Waals surface area contributed by atoms with E-state index in [9.17, 15) is 0 Å². The maximum atomic E-state index is 1.58. The third kappa shape index (κ3) is 2.24. The van der Waals surface area contributed by atoms with E-state index in [1.165, 1.54) is 32.1 Å². The van der Waals surface area contributed by atoms with E-state index >= 15 is 0 Å². The molecule has 0 aliphatic heterocycles. The first-order chi connectivity index (χ1) is 5.95. The molecule has 0 bridgehead atoms. The van der Waals surface area contributed by atoms with Crippen molar-refractivity contribution in [3.63, 3.8) is 0 Å². The van der Waals surface area contributed by atoms with Gasteiger partial charge in [0.25, 0.3) is 0 Å². The molecule has 0 aromatic heterocycles.